The summed E-state index contributed by atoms with van der Waals surface area (Å²) < 4.78 is 48.4. The first-order valence-electron chi connectivity index (χ1n) is 35.1. The van der Waals surface area contributed by atoms with E-state index in [4.69, 9.17) is 42.6 Å². The molecule has 7 rings (SSSR count). The number of hydrogen-bond acceptors (Lipinski definition) is 22. The lowest BCUT2D eigenvalue weighted by Crippen LogP contribution is -2.56. The highest BCUT2D eigenvalue weighted by Gasteiger charge is 2.58. The maximum atomic E-state index is 12.5. The first-order valence-corrected chi connectivity index (χ1v) is 35.9. The number of hydrogen-bond donors (Lipinski definition) is 6. The van der Waals surface area contributed by atoms with Gasteiger partial charge in [0, 0.05) is 51.4 Å². The molecule has 0 aromatic carbocycles. The maximum Gasteiger partial charge on any atom is 0.322 e. The normalized spacial score (nSPS) is 25.2. The summed E-state index contributed by atoms with van der Waals surface area (Å²) >= 11 is 3.22. The monoisotopic (exact) mass is 1450 g/mol. The molecule has 2 aliphatic heterocycles. The first-order chi connectivity index (χ1) is 43.4. The molecule has 0 aromatic rings. The van der Waals surface area contributed by atoms with Crippen LogP contribution in [0.4, 0.5) is 0 Å². The van der Waals surface area contributed by atoms with Gasteiger partial charge in [0.2, 0.25) is 0 Å². The number of rotatable bonds is 9. The fourth-order valence-corrected chi connectivity index (χ4v) is 12.0. The highest BCUT2D eigenvalue weighted by molar-refractivity contribution is 9.10. The van der Waals surface area contributed by atoms with Gasteiger partial charge in [-0.15, -0.1) is 0 Å². The number of halogens is 1. The quantitative estimate of drug-likeness (QED) is 0.0709. The van der Waals surface area contributed by atoms with Gasteiger partial charge in [-0.25, -0.2) is 0 Å². The molecule has 0 amide bonds. The van der Waals surface area contributed by atoms with Crippen molar-refractivity contribution >= 4 is 57.3 Å². The van der Waals surface area contributed by atoms with E-state index in [-0.39, 0.29) is 47.7 Å². The van der Waals surface area contributed by atoms with Gasteiger partial charge >= 0.3 is 29.8 Å². The minimum Gasteiger partial charge on any atom is -0.459 e. The molecule has 6 N–H and O–H groups in total. The Bertz CT molecular complexity index is 2490. The van der Waals surface area contributed by atoms with Crippen LogP contribution in [0.3, 0.4) is 0 Å². The second kappa shape index (κ2) is 33.5. The predicted molar refractivity (Wildman–Crippen MR) is 371 cm³/mol. The van der Waals surface area contributed by atoms with Crippen molar-refractivity contribution < 1.29 is 107 Å². The van der Waals surface area contributed by atoms with Crippen molar-refractivity contribution in [2.75, 3.05) is 26.4 Å². The van der Waals surface area contributed by atoms with E-state index in [0.29, 0.717) is 148 Å². The molecule has 97 heavy (non-hydrogen) atoms. The number of aliphatic hydroxyl groups is 6. The summed E-state index contributed by atoms with van der Waals surface area (Å²) in [5.41, 5.74) is -10.9. The van der Waals surface area contributed by atoms with Crippen LogP contribution < -0.4 is 0 Å². The molecule has 2 spiro atoms. The Morgan fingerprint density at radius 2 is 0.526 bits per heavy atom. The third-order valence-electron chi connectivity index (χ3n) is 19.4. The number of ether oxygens (including phenoxy) is 9. The number of Topliss-reactive ketones (excluding diaryl/α,β-unsaturated/α-hetero) is 2. The topological polar surface area (TPSA) is 324 Å². The summed E-state index contributed by atoms with van der Waals surface area (Å²) in [4.78, 5) is 82.4. The van der Waals surface area contributed by atoms with Crippen molar-refractivity contribution in [2.45, 2.75) is 380 Å². The number of aliphatic hydroxyl groups excluding tert-OH is 2. The number of esters is 5. The van der Waals surface area contributed by atoms with E-state index in [1.54, 1.807) is 90.0 Å². The fourth-order valence-electron chi connectivity index (χ4n) is 11.9. The van der Waals surface area contributed by atoms with Crippen LogP contribution in [0.2, 0.25) is 0 Å². The van der Waals surface area contributed by atoms with Gasteiger partial charge in [-0.05, 0) is 250 Å². The predicted octanol–water partition coefficient (Wildman–Crippen LogP) is 12.0. The molecule has 5 saturated carbocycles. The average Bonchev–Trinajstić information content (AvgIpc) is 1.51. The van der Waals surface area contributed by atoms with Crippen molar-refractivity contribution in [2.24, 2.45) is 21.7 Å². The van der Waals surface area contributed by atoms with Crippen LogP contribution in [0, 0.1) is 21.7 Å². The molecule has 0 atom stereocenters. The van der Waals surface area contributed by atoms with Gasteiger partial charge in [0.25, 0.3) is 0 Å². The number of carbonyl (C=O) groups excluding carboxylic acids is 7. The van der Waals surface area contributed by atoms with Gasteiger partial charge in [0.1, 0.15) is 43.9 Å². The Kier molecular flexibility index (Phi) is 31.0. The Hall–Kier alpha value is -3.23. The van der Waals surface area contributed by atoms with Crippen LogP contribution in [0.25, 0.3) is 0 Å². The summed E-state index contributed by atoms with van der Waals surface area (Å²) in [5.74, 6) is -2.18. The number of ketones is 2. The molecule has 2 heterocycles. The molecule has 2 saturated heterocycles. The molecule has 7 fully saturated rings. The molecular weight excluding hydrogens is 1320 g/mol. The molecule has 23 heteroatoms. The van der Waals surface area contributed by atoms with Crippen molar-refractivity contribution in [3.63, 3.8) is 0 Å². The van der Waals surface area contributed by atoms with E-state index >= 15 is 0 Å². The molecule has 0 unspecified atom stereocenters. The van der Waals surface area contributed by atoms with Crippen LogP contribution in [-0.2, 0) is 76.2 Å². The minimum absolute atomic E-state index is 0.152. The van der Waals surface area contributed by atoms with Crippen LogP contribution >= 0.6 is 15.9 Å². The molecule has 5 aliphatic carbocycles. The standard InChI is InChI=1S/C16H28O5.2C14H26O4.C14H24O4.C8H15BrO2.C8H12O3/c1-13(2,3)21-12(17)14(4,5)15(18)6-8-16(9-7-15)19-10-11-20-16;3*1-12(2,3)18-11(16)13(4,5)14(17)8-6-10(15)7-9-14;1-7(2,3)11-6(10)8(4,5)9;9-7-1-3-8(4-2-7)10-5-6-11-8/h18H,6-11H2,1-5H3;2*10,15,17H,6-9H2,1-5H3;17H,6-9H2,1-5H3;1-5H3;1-6H2. The van der Waals surface area contributed by atoms with Crippen LogP contribution in [-0.4, -0.2) is 177 Å². The molecule has 0 aromatic heterocycles. The highest BCUT2D eigenvalue weighted by atomic mass is 79.9. The lowest BCUT2D eigenvalue weighted by molar-refractivity contribution is -0.226. The SMILES string of the molecule is CC(C)(C)OC(=O)C(C)(C)Br.CC(C)(C)OC(=O)C(C)(C)C1(O)CCC(=O)CC1.CC(C)(C)OC(=O)C(C)(C)C1(O)CCC(O)CC1.CC(C)(C)OC(=O)C(C)(C)C1(O)CCC(O)CC1.CC(C)(C)OC(=O)C(C)(C)C1(O)CCC2(CC1)OCCO2.O=C1CCC2(CC1)OCCO2. The number of alkyl halides is 1. The zero-order chi connectivity index (χ0) is 75.5. The summed E-state index contributed by atoms with van der Waals surface area (Å²) in [5, 5.41) is 62.0. The van der Waals surface area contributed by atoms with Crippen molar-refractivity contribution in [3.05, 3.63) is 0 Å². The Morgan fingerprint density at radius 3 is 0.742 bits per heavy atom. The number of carbonyl (C=O) groups is 7. The molecular formula is C74H131BrO22. The third kappa shape index (κ3) is 27.2. The van der Waals surface area contributed by atoms with E-state index in [1.807, 2.05) is 83.1 Å². The van der Waals surface area contributed by atoms with Gasteiger partial charge in [-0.1, -0.05) is 15.9 Å². The van der Waals surface area contributed by atoms with Crippen molar-refractivity contribution in [1.29, 1.82) is 0 Å². The fraction of sp³-hybridized carbons (Fsp3) is 0.905. The summed E-state index contributed by atoms with van der Waals surface area (Å²) in [7, 11) is 0. The first kappa shape index (κ1) is 89.9. The maximum absolute atomic E-state index is 12.5. The van der Waals surface area contributed by atoms with E-state index in [0.717, 1.165) is 12.8 Å². The second-order valence-electron chi connectivity index (χ2n) is 35.4. The lowest BCUT2D eigenvalue weighted by Gasteiger charge is -2.47. The summed E-state index contributed by atoms with van der Waals surface area (Å²) in [6.07, 6.45) is 9.38. The molecule has 22 nitrogen and oxygen atoms in total. The Balaban J connectivity index is 0.000000401. The van der Waals surface area contributed by atoms with Gasteiger partial charge in [-0.2, -0.15) is 0 Å². The van der Waals surface area contributed by atoms with Gasteiger partial charge in [0.15, 0.2) is 11.6 Å². The van der Waals surface area contributed by atoms with Gasteiger partial charge < -0.3 is 73.3 Å². The molecule has 7 aliphatic rings. The Labute approximate surface area is 589 Å². The van der Waals surface area contributed by atoms with Crippen LogP contribution in [0.15, 0.2) is 0 Å². The zero-order valence-electron chi connectivity index (χ0n) is 64.2. The summed E-state index contributed by atoms with van der Waals surface area (Å²) in [6, 6.07) is 0. The van der Waals surface area contributed by atoms with E-state index in [9.17, 15) is 64.2 Å². The van der Waals surface area contributed by atoms with E-state index in [2.05, 4.69) is 15.9 Å². The van der Waals surface area contributed by atoms with Gasteiger partial charge in [-0.3, -0.25) is 33.6 Å². The average molecular weight is 1450 g/mol. The lowest BCUT2D eigenvalue weighted by atomic mass is 9.66. The largest absolute Gasteiger partial charge is 0.459 e. The Morgan fingerprint density at radius 1 is 0.330 bits per heavy atom. The highest BCUT2D eigenvalue weighted by Crippen LogP contribution is 2.50. The molecule has 0 radical (unpaired) electrons. The van der Waals surface area contributed by atoms with Crippen LogP contribution in [0.5, 0.6) is 0 Å². The minimum atomic E-state index is -1.15. The van der Waals surface area contributed by atoms with Crippen molar-refractivity contribution in [1.82, 2.24) is 0 Å². The van der Waals surface area contributed by atoms with Crippen molar-refractivity contribution in [3.8, 4) is 0 Å². The second-order valence-corrected chi connectivity index (χ2v) is 37.3. The summed E-state index contributed by atoms with van der Waals surface area (Å²) in [6.45, 7) is 47.3. The molecule has 566 valence electrons. The molecule has 0 bridgehead atoms. The van der Waals surface area contributed by atoms with Gasteiger partial charge in [0.05, 0.1) is 82.7 Å². The third-order valence-corrected chi connectivity index (χ3v) is 19.7. The smallest absolute Gasteiger partial charge is 0.322 e. The van der Waals surface area contributed by atoms with E-state index in [1.165, 1.54) is 0 Å². The van der Waals surface area contributed by atoms with E-state index < -0.39 is 88.2 Å². The zero-order valence-corrected chi connectivity index (χ0v) is 65.8. The van der Waals surface area contributed by atoms with Crippen LogP contribution in [0.1, 0.15) is 302 Å².